The maximum atomic E-state index is 6.20. The number of nitrogens with zero attached hydrogens (tertiary/aromatic N) is 2. The normalized spacial score (nSPS) is 10.9. The third-order valence-corrected chi connectivity index (χ3v) is 4.40. The number of aromatic nitrogens is 2. The smallest absolute Gasteiger partial charge is 0.131 e. The second kappa shape index (κ2) is 5.24. The minimum Gasteiger partial charge on any atom is -0.398 e. The van der Waals surface area contributed by atoms with Crippen molar-refractivity contribution in [1.29, 1.82) is 0 Å². The maximum Gasteiger partial charge on any atom is 0.131 e. The van der Waals surface area contributed by atoms with Gasteiger partial charge in [-0.15, -0.1) is 11.8 Å². The Balaban J connectivity index is 2.16. The fourth-order valence-electron chi connectivity index (χ4n) is 1.79. The largest absolute Gasteiger partial charge is 0.398 e. The second-order valence-corrected chi connectivity index (χ2v) is 5.68. The van der Waals surface area contributed by atoms with E-state index in [-0.39, 0.29) is 0 Å². The molecule has 0 aliphatic carbocycles. The monoisotopic (exact) mass is 281 g/mol. The van der Waals surface area contributed by atoms with Crippen LogP contribution < -0.4 is 5.73 Å². The summed E-state index contributed by atoms with van der Waals surface area (Å²) in [6.07, 6.45) is 0. The minimum atomic E-state index is 0.700. The van der Waals surface area contributed by atoms with Crippen LogP contribution in [0.3, 0.4) is 0 Å². The van der Waals surface area contributed by atoms with Crippen molar-refractivity contribution in [1.82, 2.24) is 9.78 Å². The molecule has 0 unspecified atom stereocenters. The van der Waals surface area contributed by atoms with E-state index in [0.717, 1.165) is 27.6 Å². The Labute approximate surface area is 116 Å². The first kappa shape index (κ1) is 13.3. The van der Waals surface area contributed by atoms with Crippen molar-refractivity contribution in [2.45, 2.75) is 24.5 Å². The van der Waals surface area contributed by atoms with E-state index in [9.17, 15) is 0 Å². The first-order chi connectivity index (χ1) is 8.49. The summed E-state index contributed by atoms with van der Waals surface area (Å²) in [7, 11) is 1.85. The number of anilines is 1. The highest BCUT2D eigenvalue weighted by molar-refractivity contribution is 7.98. The van der Waals surface area contributed by atoms with Gasteiger partial charge in [-0.1, -0.05) is 17.7 Å². The van der Waals surface area contributed by atoms with E-state index in [1.165, 1.54) is 5.56 Å². The molecule has 0 fully saturated rings. The molecule has 5 heteroatoms. The highest BCUT2D eigenvalue weighted by atomic mass is 35.5. The molecule has 2 rings (SSSR count). The zero-order valence-corrected chi connectivity index (χ0v) is 12.3. The average molecular weight is 282 g/mol. The number of hydrogen-bond acceptors (Lipinski definition) is 3. The van der Waals surface area contributed by atoms with Gasteiger partial charge in [-0.05, 0) is 31.5 Å². The summed E-state index contributed by atoms with van der Waals surface area (Å²) < 4.78 is 1.70. The summed E-state index contributed by atoms with van der Waals surface area (Å²) in [5.74, 6) is 0.783. The molecule has 1 aromatic heterocycles. The van der Waals surface area contributed by atoms with Gasteiger partial charge in [0.2, 0.25) is 0 Å². The van der Waals surface area contributed by atoms with Crippen LogP contribution in [-0.2, 0) is 12.8 Å². The van der Waals surface area contributed by atoms with E-state index in [4.69, 9.17) is 17.3 Å². The lowest BCUT2D eigenvalue weighted by molar-refractivity contribution is 0.757. The molecule has 18 heavy (non-hydrogen) atoms. The van der Waals surface area contributed by atoms with Gasteiger partial charge in [0.1, 0.15) is 5.15 Å². The predicted molar refractivity (Wildman–Crippen MR) is 78.1 cm³/mol. The van der Waals surface area contributed by atoms with Gasteiger partial charge in [0, 0.05) is 28.9 Å². The molecular weight excluding hydrogens is 266 g/mol. The SMILES string of the molecule is Cc1ccc(SCc2c(C)nn(C)c2Cl)c(N)c1. The molecule has 1 heterocycles. The average Bonchev–Trinajstić information content (AvgIpc) is 2.53. The van der Waals surface area contributed by atoms with Gasteiger partial charge >= 0.3 is 0 Å². The van der Waals surface area contributed by atoms with Crippen LogP contribution in [0.5, 0.6) is 0 Å². The van der Waals surface area contributed by atoms with Crippen molar-refractivity contribution >= 4 is 29.1 Å². The van der Waals surface area contributed by atoms with Crippen molar-refractivity contribution in [3.63, 3.8) is 0 Å². The maximum absolute atomic E-state index is 6.20. The summed E-state index contributed by atoms with van der Waals surface area (Å²) >= 11 is 7.89. The van der Waals surface area contributed by atoms with E-state index in [0.29, 0.717) is 5.15 Å². The molecule has 0 spiro atoms. The Bertz CT molecular complexity index is 578. The van der Waals surface area contributed by atoms with Gasteiger partial charge in [0.25, 0.3) is 0 Å². The number of halogens is 1. The van der Waals surface area contributed by atoms with Gasteiger partial charge in [0.05, 0.1) is 5.69 Å². The zero-order chi connectivity index (χ0) is 13.3. The van der Waals surface area contributed by atoms with Crippen LogP contribution in [0, 0.1) is 13.8 Å². The third kappa shape index (κ3) is 2.65. The molecular formula is C13H16ClN3S. The number of thioether (sulfide) groups is 1. The Hall–Kier alpha value is -1.13. The molecule has 1 aromatic carbocycles. The number of nitrogens with two attached hydrogens (primary N) is 1. The number of benzene rings is 1. The summed E-state index contributed by atoms with van der Waals surface area (Å²) in [5, 5.41) is 5.00. The first-order valence-corrected chi connectivity index (χ1v) is 7.02. The van der Waals surface area contributed by atoms with Crippen LogP contribution in [-0.4, -0.2) is 9.78 Å². The van der Waals surface area contributed by atoms with Gasteiger partial charge in [0.15, 0.2) is 0 Å². The van der Waals surface area contributed by atoms with Crippen molar-refractivity contribution in [2.75, 3.05) is 5.73 Å². The van der Waals surface area contributed by atoms with Crippen LogP contribution in [0.25, 0.3) is 0 Å². The molecule has 3 nitrogen and oxygen atoms in total. The summed E-state index contributed by atoms with van der Waals surface area (Å²) in [6.45, 7) is 4.01. The van der Waals surface area contributed by atoms with Crippen LogP contribution in [0.1, 0.15) is 16.8 Å². The minimum absolute atomic E-state index is 0.700. The first-order valence-electron chi connectivity index (χ1n) is 5.66. The molecule has 0 radical (unpaired) electrons. The summed E-state index contributed by atoms with van der Waals surface area (Å²) in [5.41, 5.74) is 10.0. The van der Waals surface area contributed by atoms with Crippen molar-refractivity contribution in [3.8, 4) is 0 Å². The van der Waals surface area contributed by atoms with Crippen molar-refractivity contribution in [2.24, 2.45) is 7.05 Å². The molecule has 0 saturated heterocycles. The van der Waals surface area contributed by atoms with Gasteiger partial charge < -0.3 is 5.73 Å². The standard InChI is InChI=1S/C13H16ClN3S/c1-8-4-5-12(11(15)6-8)18-7-10-9(2)16-17(3)13(10)14/h4-6H,7,15H2,1-3H3. The summed E-state index contributed by atoms with van der Waals surface area (Å²) in [4.78, 5) is 1.08. The highest BCUT2D eigenvalue weighted by Gasteiger charge is 2.12. The Morgan fingerprint density at radius 3 is 2.67 bits per heavy atom. The lowest BCUT2D eigenvalue weighted by Crippen LogP contribution is -1.91. The predicted octanol–water partition coefficient (Wildman–Crippen LogP) is 3.56. The van der Waals surface area contributed by atoms with E-state index in [1.54, 1.807) is 16.4 Å². The zero-order valence-electron chi connectivity index (χ0n) is 10.7. The van der Waals surface area contributed by atoms with Gasteiger partial charge in [-0.25, -0.2) is 0 Å². The number of hydrogen-bond donors (Lipinski definition) is 1. The molecule has 0 amide bonds. The van der Waals surface area contributed by atoms with Gasteiger partial charge in [-0.3, -0.25) is 4.68 Å². The number of nitrogen functional groups attached to an aromatic ring is 1. The number of rotatable bonds is 3. The van der Waals surface area contributed by atoms with Crippen molar-refractivity contribution in [3.05, 3.63) is 40.2 Å². The van der Waals surface area contributed by atoms with Crippen LogP contribution in [0.15, 0.2) is 23.1 Å². The Morgan fingerprint density at radius 1 is 1.39 bits per heavy atom. The molecule has 0 aliphatic rings. The van der Waals surface area contributed by atoms with Crippen LogP contribution in [0.2, 0.25) is 5.15 Å². The number of aryl methyl sites for hydroxylation is 3. The molecule has 0 bridgehead atoms. The van der Waals surface area contributed by atoms with E-state index >= 15 is 0 Å². The molecule has 96 valence electrons. The lowest BCUT2D eigenvalue weighted by atomic mass is 10.2. The Morgan fingerprint density at radius 2 is 2.11 bits per heavy atom. The fraction of sp³-hybridized carbons (Fsp3) is 0.308. The third-order valence-electron chi connectivity index (χ3n) is 2.81. The molecule has 0 atom stereocenters. The Kier molecular flexibility index (Phi) is 3.88. The molecule has 0 saturated carbocycles. The second-order valence-electron chi connectivity index (χ2n) is 4.31. The van der Waals surface area contributed by atoms with Gasteiger partial charge in [-0.2, -0.15) is 5.10 Å². The fourth-order valence-corrected chi connectivity index (χ4v) is 3.14. The molecule has 2 aromatic rings. The van der Waals surface area contributed by atoms with Crippen molar-refractivity contribution < 1.29 is 0 Å². The molecule has 2 N–H and O–H groups in total. The van der Waals surface area contributed by atoms with Crippen LogP contribution in [0.4, 0.5) is 5.69 Å². The highest BCUT2D eigenvalue weighted by Crippen LogP contribution is 2.31. The quantitative estimate of drug-likeness (QED) is 0.691. The van der Waals surface area contributed by atoms with Crippen LogP contribution >= 0.6 is 23.4 Å². The van der Waals surface area contributed by atoms with E-state index in [1.807, 2.05) is 27.0 Å². The van der Waals surface area contributed by atoms with E-state index < -0.39 is 0 Å². The summed E-state index contributed by atoms with van der Waals surface area (Å²) in [6, 6.07) is 6.10. The molecule has 0 aliphatic heterocycles. The topological polar surface area (TPSA) is 43.8 Å². The lowest BCUT2D eigenvalue weighted by Gasteiger charge is -2.06. The van der Waals surface area contributed by atoms with E-state index in [2.05, 4.69) is 17.2 Å².